The van der Waals surface area contributed by atoms with E-state index in [1.807, 2.05) is 24.3 Å². The zero-order chi connectivity index (χ0) is 24.1. The summed E-state index contributed by atoms with van der Waals surface area (Å²) in [5.41, 5.74) is 4.64. The Hall–Kier alpha value is -3.39. The van der Waals surface area contributed by atoms with Gasteiger partial charge >= 0.3 is 12.1 Å². The summed E-state index contributed by atoms with van der Waals surface area (Å²) >= 11 is 0. The van der Waals surface area contributed by atoms with E-state index >= 15 is 0 Å². The van der Waals surface area contributed by atoms with E-state index in [9.17, 15) is 14.4 Å². The summed E-state index contributed by atoms with van der Waals surface area (Å²) in [5, 5.41) is 12.0. The fourth-order valence-corrected chi connectivity index (χ4v) is 5.03. The number of fused-ring (bicyclic) bond motifs is 3. The average molecular weight is 467 g/mol. The molecule has 0 saturated heterocycles. The Kier molecular flexibility index (Phi) is 7.47. The third kappa shape index (κ3) is 5.22. The second-order valence-corrected chi connectivity index (χ2v) is 8.82. The molecule has 0 aliphatic heterocycles. The number of benzene rings is 2. The minimum absolute atomic E-state index is 0.0126. The molecule has 1 saturated carbocycles. The van der Waals surface area contributed by atoms with Crippen LogP contribution in [0.2, 0.25) is 0 Å². The molecular weight excluding hydrogens is 436 g/mol. The maximum atomic E-state index is 12.8. The van der Waals surface area contributed by atoms with E-state index < -0.39 is 12.1 Å². The summed E-state index contributed by atoms with van der Waals surface area (Å²) in [6.45, 7) is 0.372. The molecule has 1 fully saturated rings. The highest BCUT2D eigenvalue weighted by atomic mass is 16.5. The second-order valence-electron chi connectivity index (χ2n) is 8.82. The third-order valence-corrected chi connectivity index (χ3v) is 6.65. The number of carboxylic acid groups (broad SMARTS) is 1. The predicted molar refractivity (Wildman–Crippen MR) is 125 cm³/mol. The molecule has 34 heavy (non-hydrogen) atoms. The van der Waals surface area contributed by atoms with Crippen molar-refractivity contribution in [2.75, 3.05) is 33.4 Å². The van der Waals surface area contributed by atoms with Gasteiger partial charge in [0.05, 0.1) is 6.61 Å². The topological polar surface area (TPSA) is 105 Å². The molecule has 4 rings (SSSR count). The smallest absolute Gasteiger partial charge is 0.407 e. The molecular formula is C26H30N2O6. The molecule has 2 aliphatic carbocycles. The highest BCUT2D eigenvalue weighted by Gasteiger charge is 2.35. The lowest BCUT2D eigenvalue weighted by molar-refractivity contribution is -0.146. The first-order valence-electron chi connectivity index (χ1n) is 11.6. The Morgan fingerprint density at radius 3 is 2.29 bits per heavy atom. The molecule has 2 aliphatic rings. The molecule has 8 nitrogen and oxygen atoms in total. The summed E-state index contributed by atoms with van der Waals surface area (Å²) < 4.78 is 10.6. The van der Waals surface area contributed by atoms with Gasteiger partial charge in [-0.25, -0.2) is 4.79 Å². The van der Waals surface area contributed by atoms with Gasteiger partial charge in [0.1, 0.15) is 13.2 Å². The van der Waals surface area contributed by atoms with E-state index in [2.05, 4.69) is 29.6 Å². The number of carbonyl (C=O) groups excluding carboxylic acids is 2. The van der Waals surface area contributed by atoms with E-state index in [1.165, 1.54) is 23.1 Å². The molecule has 8 heteroatoms. The van der Waals surface area contributed by atoms with Crippen LogP contribution in [0, 0.1) is 5.92 Å². The number of ether oxygens (including phenoxy) is 2. The number of alkyl carbamates (subject to hydrolysis) is 1. The number of nitrogens with one attached hydrogen (secondary N) is 1. The minimum atomic E-state index is -1.06. The first-order valence-corrected chi connectivity index (χ1v) is 11.6. The number of carboxylic acids is 1. The third-order valence-electron chi connectivity index (χ3n) is 6.65. The number of carbonyl (C=O) groups is 3. The lowest BCUT2D eigenvalue weighted by atomic mass is 9.98. The fraction of sp³-hybridized carbons (Fsp3) is 0.423. The van der Waals surface area contributed by atoms with Crippen molar-refractivity contribution in [1.29, 1.82) is 0 Å². The van der Waals surface area contributed by atoms with Crippen molar-refractivity contribution in [1.82, 2.24) is 10.2 Å². The maximum absolute atomic E-state index is 12.8. The van der Waals surface area contributed by atoms with Crippen LogP contribution in [-0.2, 0) is 19.1 Å². The lowest BCUT2D eigenvalue weighted by Crippen LogP contribution is -2.41. The fourth-order valence-electron chi connectivity index (χ4n) is 5.03. The van der Waals surface area contributed by atoms with Crippen LogP contribution in [0.4, 0.5) is 4.79 Å². The van der Waals surface area contributed by atoms with Crippen molar-refractivity contribution in [3.63, 3.8) is 0 Å². The zero-order valence-corrected chi connectivity index (χ0v) is 19.2. The molecule has 2 amide bonds. The van der Waals surface area contributed by atoms with E-state index in [-0.39, 0.29) is 50.1 Å². The van der Waals surface area contributed by atoms with Crippen LogP contribution in [0.1, 0.15) is 36.3 Å². The number of hydrogen-bond acceptors (Lipinski definition) is 5. The SMILES string of the molecule is COCCN(CC(=O)O)C(=O)[C@H]1CC[C@@H](NC(=O)OCC2c3ccccc3-c3ccccc32)C1. The summed E-state index contributed by atoms with van der Waals surface area (Å²) in [7, 11) is 1.51. The molecule has 0 radical (unpaired) electrons. The number of nitrogens with zero attached hydrogens (tertiary/aromatic N) is 1. The number of amides is 2. The van der Waals surface area contributed by atoms with Gasteiger partial charge in [0.2, 0.25) is 5.91 Å². The van der Waals surface area contributed by atoms with Crippen LogP contribution in [0.5, 0.6) is 0 Å². The molecule has 0 bridgehead atoms. The Morgan fingerprint density at radius 2 is 1.68 bits per heavy atom. The van der Waals surface area contributed by atoms with Gasteiger partial charge in [0.15, 0.2) is 0 Å². The van der Waals surface area contributed by atoms with Crippen molar-refractivity contribution >= 4 is 18.0 Å². The number of methoxy groups -OCH3 is 1. The van der Waals surface area contributed by atoms with Crippen LogP contribution in [0.3, 0.4) is 0 Å². The monoisotopic (exact) mass is 466 g/mol. The van der Waals surface area contributed by atoms with E-state index in [0.29, 0.717) is 19.3 Å². The molecule has 2 aromatic rings. The highest BCUT2D eigenvalue weighted by Crippen LogP contribution is 2.44. The van der Waals surface area contributed by atoms with Gasteiger partial charge < -0.3 is 24.8 Å². The van der Waals surface area contributed by atoms with Crippen molar-refractivity contribution in [3.05, 3.63) is 59.7 Å². The summed E-state index contributed by atoms with van der Waals surface area (Å²) in [5.74, 6) is -1.61. The van der Waals surface area contributed by atoms with Crippen LogP contribution in [-0.4, -0.2) is 67.4 Å². The van der Waals surface area contributed by atoms with E-state index in [0.717, 1.165) is 11.1 Å². The van der Waals surface area contributed by atoms with Gasteiger partial charge in [-0.3, -0.25) is 9.59 Å². The molecule has 0 aromatic heterocycles. The van der Waals surface area contributed by atoms with Crippen molar-refractivity contribution < 1.29 is 29.0 Å². The van der Waals surface area contributed by atoms with Crippen LogP contribution in [0.15, 0.2) is 48.5 Å². The highest BCUT2D eigenvalue weighted by molar-refractivity contribution is 5.83. The number of hydrogen-bond donors (Lipinski definition) is 2. The first-order chi connectivity index (χ1) is 16.5. The van der Waals surface area contributed by atoms with Crippen LogP contribution >= 0.6 is 0 Å². The van der Waals surface area contributed by atoms with E-state index in [4.69, 9.17) is 14.6 Å². The van der Waals surface area contributed by atoms with Crippen LogP contribution in [0.25, 0.3) is 11.1 Å². The molecule has 2 N–H and O–H groups in total. The Bertz CT molecular complexity index is 1010. The summed E-state index contributed by atoms with van der Waals surface area (Å²) in [6.07, 6.45) is 1.20. The number of rotatable bonds is 9. The van der Waals surface area contributed by atoms with Gasteiger partial charge in [-0.2, -0.15) is 0 Å². The van der Waals surface area contributed by atoms with E-state index in [1.54, 1.807) is 0 Å². The van der Waals surface area contributed by atoms with Crippen molar-refractivity contribution in [2.45, 2.75) is 31.2 Å². The standard InChI is InChI=1S/C26H30N2O6/c1-33-13-12-28(15-24(29)30)25(31)17-10-11-18(14-17)27-26(32)34-16-23-21-8-4-2-6-19(21)20-7-3-5-9-22(20)23/h2-9,17-18,23H,10-16H2,1H3,(H,27,32)(H,29,30)/t17-,18+/m0/s1. The number of aliphatic carboxylic acids is 1. The van der Waals surface area contributed by atoms with Crippen molar-refractivity contribution in [2.24, 2.45) is 5.92 Å². The van der Waals surface area contributed by atoms with Gasteiger partial charge in [-0.05, 0) is 41.5 Å². The maximum Gasteiger partial charge on any atom is 0.407 e. The Balaban J connectivity index is 1.31. The van der Waals surface area contributed by atoms with Crippen molar-refractivity contribution in [3.8, 4) is 11.1 Å². The first kappa shape index (κ1) is 23.8. The molecule has 2 atom stereocenters. The predicted octanol–water partition coefficient (Wildman–Crippen LogP) is 3.25. The summed E-state index contributed by atoms with van der Waals surface area (Å²) in [6, 6.07) is 16.1. The average Bonchev–Trinajstić information content (AvgIpc) is 3.42. The molecule has 0 spiro atoms. The Morgan fingerprint density at radius 1 is 1.03 bits per heavy atom. The minimum Gasteiger partial charge on any atom is -0.480 e. The van der Waals surface area contributed by atoms with Gasteiger partial charge in [0, 0.05) is 31.5 Å². The largest absolute Gasteiger partial charge is 0.480 e. The normalized spacial score (nSPS) is 18.7. The van der Waals surface area contributed by atoms with Crippen LogP contribution < -0.4 is 5.32 Å². The molecule has 0 unspecified atom stereocenters. The Labute approximate surface area is 198 Å². The quantitative estimate of drug-likeness (QED) is 0.588. The molecule has 180 valence electrons. The molecule has 2 aromatic carbocycles. The van der Waals surface area contributed by atoms with Gasteiger partial charge in [0.25, 0.3) is 0 Å². The lowest BCUT2D eigenvalue weighted by Gasteiger charge is -2.24. The van der Waals surface area contributed by atoms with Gasteiger partial charge in [-0.15, -0.1) is 0 Å². The zero-order valence-electron chi connectivity index (χ0n) is 19.2. The van der Waals surface area contributed by atoms with Gasteiger partial charge in [-0.1, -0.05) is 48.5 Å². The molecule has 0 heterocycles. The second kappa shape index (κ2) is 10.7. The summed E-state index contributed by atoms with van der Waals surface area (Å²) in [4.78, 5) is 37.8.